The fraction of sp³-hybridized carbons (Fsp3) is 0.545. The first-order chi connectivity index (χ1) is 8.22. The van der Waals surface area contributed by atoms with Crippen LogP contribution in [0.3, 0.4) is 0 Å². The summed E-state index contributed by atoms with van der Waals surface area (Å²) in [7, 11) is 0. The lowest BCUT2D eigenvalue weighted by Gasteiger charge is -2.19. The molecule has 1 aliphatic carbocycles. The second kappa shape index (κ2) is 5.42. The normalized spacial score (nSPS) is 23.6. The highest BCUT2D eigenvalue weighted by atomic mass is 35.5. The predicted molar refractivity (Wildman–Crippen MR) is 64.7 cm³/mol. The van der Waals surface area contributed by atoms with Gasteiger partial charge in [-0.15, -0.1) is 0 Å². The van der Waals surface area contributed by atoms with Crippen molar-refractivity contribution >= 4 is 17.5 Å². The van der Waals surface area contributed by atoms with Crippen LogP contribution in [0, 0.1) is 5.92 Å². The van der Waals surface area contributed by atoms with Crippen LogP contribution in [-0.2, 0) is 0 Å². The minimum Gasteiger partial charge on any atom is -0.348 e. The third-order valence-electron chi connectivity index (χ3n) is 3.16. The van der Waals surface area contributed by atoms with Crippen molar-refractivity contribution in [3.05, 3.63) is 23.2 Å². The SMILES string of the molecule is NC[C@@H]1CCC[C@H]1NC(=O)c1ncncc1Cl. The molecular formula is C11H15ClN4O. The predicted octanol–water partition coefficient (Wildman–Crippen LogP) is 0.987. The quantitative estimate of drug-likeness (QED) is 0.843. The van der Waals surface area contributed by atoms with Gasteiger partial charge in [-0.1, -0.05) is 18.0 Å². The van der Waals surface area contributed by atoms with Crippen molar-refractivity contribution in [1.82, 2.24) is 15.3 Å². The van der Waals surface area contributed by atoms with Gasteiger partial charge < -0.3 is 11.1 Å². The average molecular weight is 255 g/mol. The number of hydrogen-bond acceptors (Lipinski definition) is 4. The Balaban J connectivity index is 2.04. The summed E-state index contributed by atoms with van der Waals surface area (Å²) in [6.07, 6.45) is 5.87. The first-order valence-electron chi connectivity index (χ1n) is 5.68. The molecule has 2 atom stereocenters. The van der Waals surface area contributed by atoms with E-state index >= 15 is 0 Å². The van der Waals surface area contributed by atoms with E-state index in [-0.39, 0.29) is 22.7 Å². The van der Waals surface area contributed by atoms with Crippen molar-refractivity contribution in [2.75, 3.05) is 6.54 Å². The molecule has 1 saturated carbocycles. The van der Waals surface area contributed by atoms with E-state index in [2.05, 4.69) is 15.3 Å². The maximum Gasteiger partial charge on any atom is 0.271 e. The van der Waals surface area contributed by atoms with Crippen LogP contribution in [-0.4, -0.2) is 28.5 Å². The van der Waals surface area contributed by atoms with Crippen molar-refractivity contribution < 1.29 is 4.79 Å². The summed E-state index contributed by atoms with van der Waals surface area (Å²) >= 11 is 5.86. The number of carbonyl (C=O) groups is 1. The molecule has 1 fully saturated rings. The van der Waals surface area contributed by atoms with Gasteiger partial charge in [-0.05, 0) is 25.3 Å². The summed E-state index contributed by atoms with van der Waals surface area (Å²) in [5.74, 6) is 0.113. The van der Waals surface area contributed by atoms with Gasteiger partial charge in [0, 0.05) is 12.2 Å². The van der Waals surface area contributed by atoms with E-state index in [0.29, 0.717) is 12.5 Å². The van der Waals surface area contributed by atoms with Crippen molar-refractivity contribution in [3.63, 3.8) is 0 Å². The molecule has 0 saturated heterocycles. The number of nitrogens with zero attached hydrogens (tertiary/aromatic N) is 2. The summed E-state index contributed by atoms with van der Waals surface area (Å²) in [5.41, 5.74) is 5.89. The molecule has 1 aromatic heterocycles. The van der Waals surface area contributed by atoms with Crippen LogP contribution in [0.4, 0.5) is 0 Å². The molecule has 0 aromatic carbocycles. The van der Waals surface area contributed by atoms with Gasteiger partial charge in [-0.25, -0.2) is 9.97 Å². The van der Waals surface area contributed by atoms with Crippen molar-refractivity contribution in [2.45, 2.75) is 25.3 Å². The third-order valence-corrected chi connectivity index (χ3v) is 3.44. The van der Waals surface area contributed by atoms with Gasteiger partial charge in [0.2, 0.25) is 0 Å². The summed E-state index contributed by atoms with van der Waals surface area (Å²) in [4.78, 5) is 19.6. The Morgan fingerprint density at radius 1 is 1.59 bits per heavy atom. The Hall–Kier alpha value is -1.20. The summed E-state index contributed by atoms with van der Waals surface area (Å²) in [6, 6.07) is 0.138. The van der Waals surface area contributed by atoms with Gasteiger partial charge in [0.15, 0.2) is 0 Å². The van der Waals surface area contributed by atoms with E-state index in [1.54, 1.807) is 0 Å². The highest BCUT2D eigenvalue weighted by molar-refractivity contribution is 6.33. The van der Waals surface area contributed by atoms with E-state index in [9.17, 15) is 4.79 Å². The molecule has 17 heavy (non-hydrogen) atoms. The molecule has 3 N–H and O–H groups in total. The van der Waals surface area contributed by atoms with E-state index < -0.39 is 0 Å². The standard InChI is InChI=1S/C11H15ClN4O/c12-8-5-14-6-15-10(8)11(17)16-9-3-1-2-7(9)4-13/h5-7,9H,1-4,13H2,(H,16,17)/t7-,9+/m0/s1. The zero-order chi connectivity index (χ0) is 12.3. The molecule has 0 aliphatic heterocycles. The maximum absolute atomic E-state index is 12.0. The van der Waals surface area contributed by atoms with Crippen LogP contribution in [0.5, 0.6) is 0 Å². The number of carbonyl (C=O) groups excluding carboxylic acids is 1. The molecule has 1 aliphatic rings. The smallest absolute Gasteiger partial charge is 0.271 e. The second-order valence-corrected chi connectivity index (χ2v) is 4.63. The summed E-state index contributed by atoms with van der Waals surface area (Å²) < 4.78 is 0. The molecule has 0 spiro atoms. The molecule has 0 unspecified atom stereocenters. The summed E-state index contributed by atoms with van der Waals surface area (Å²) in [6.45, 7) is 0.600. The first-order valence-corrected chi connectivity index (χ1v) is 6.06. The van der Waals surface area contributed by atoms with E-state index in [0.717, 1.165) is 19.3 Å². The minimum atomic E-state index is -0.247. The van der Waals surface area contributed by atoms with Crippen molar-refractivity contribution in [1.29, 1.82) is 0 Å². The van der Waals surface area contributed by atoms with Crippen molar-refractivity contribution in [2.24, 2.45) is 11.7 Å². The molecule has 2 rings (SSSR count). The Morgan fingerprint density at radius 2 is 2.41 bits per heavy atom. The average Bonchev–Trinajstić information content (AvgIpc) is 2.76. The van der Waals surface area contributed by atoms with E-state index in [1.165, 1.54) is 12.5 Å². The van der Waals surface area contributed by atoms with E-state index in [4.69, 9.17) is 17.3 Å². The lowest BCUT2D eigenvalue weighted by atomic mass is 10.0. The van der Waals surface area contributed by atoms with Crippen molar-refractivity contribution in [3.8, 4) is 0 Å². The van der Waals surface area contributed by atoms with Crippen LogP contribution in [0.25, 0.3) is 0 Å². The molecule has 92 valence electrons. The third kappa shape index (κ3) is 2.73. The number of rotatable bonds is 3. The fourth-order valence-electron chi connectivity index (χ4n) is 2.23. The van der Waals surface area contributed by atoms with Gasteiger partial charge in [0.1, 0.15) is 12.0 Å². The van der Waals surface area contributed by atoms with Crippen LogP contribution >= 0.6 is 11.6 Å². The second-order valence-electron chi connectivity index (χ2n) is 4.23. The number of aromatic nitrogens is 2. The Kier molecular flexibility index (Phi) is 3.91. The number of nitrogens with two attached hydrogens (primary N) is 1. The minimum absolute atomic E-state index is 0.138. The molecular weight excluding hydrogens is 240 g/mol. The largest absolute Gasteiger partial charge is 0.348 e. The maximum atomic E-state index is 12.0. The molecule has 1 aromatic rings. The topological polar surface area (TPSA) is 80.9 Å². The zero-order valence-electron chi connectivity index (χ0n) is 9.40. The number of hydrogen-bond donors (Lipinski definition) is 2. The van der Waals surface area contributed by atoms with Gasteiger partial charge >= 0.3 is 0 Å². The number of halogens is 1. The number of amides is 1. The molecule has 1 heterocycles. The van der Waals surface area contributed by atoms with Crippen LogP contribution < -0.4 is 11.1 Å². The molecule has 0 bridgehead atoms. The van der Waals surface area contributed by atoms with Crippen LogP contribution in [0.15, 0.2) is 12.5 Å². The Labute approximate surface area is 105 Å². The lowest BCUT2D eigenvalue weighted by Crippen LogP contribution is -2.40. The first kappa shape index (κ1) is 12.3. The highest BCUT2D eigenvalue weighted by Gasteiger charge is 2.28. The van der Waals surface area contributed by atoms with Crippen LogP contribution in [0.1, 0.15) is 29.8 Å². The molecule has 6 heteroatoms. The van der Waals surface area contributed by atoms with Gasteiger partial charge in [-0.3, -0.25) is 4.79 Å². The fourth-order valence-corrected chi connectivity index (χ4v) is 2.42. The molecule has 0 radical (unpaired) electrons. The van der Waals surface area contributed by atoms with E-state index in [1.807, 2.05) is 0 Å². The number of nitrogens with one attached hydrogen (secondary N) is 1. The van der Waals surface area contributed by atoms with Gasteiger partial charge in [0.25, 0.3) is 5.91 Å². The van der Waals surface area contributed by atoms with Gasteiger partial charge in [0.05, 0.1) is 5.02 Å². The highest BCUT2D eigenvalue weighted by Crippen LogP contribution is 2.25. The zero-order valence-corrected chi connectivity index (χ0v) is 10.2. The Morgan fingerprint density at radius 3 is 3.12 bits per heavy atom. The lowest BCUT2D eigenvalue weighted by molar-refractivity contribution is 0.0923. The molecule has 5 nitrogen and oxygen atoms in total. The molecule has 1 amide bonds. The Bertz CT molecular complexity index is 412. The monoisotopic (exact) mass is 254 g/mol. The van der Waals surface area contributed by atoms with Crippen LogP contribution in [0.2, 0.25) is 5.02 Å². The van der Waals surface area contributed by atoms with Gasteiger partial charge in [-0.2, -0.15) is 0 Å². The summed E-state index contributed by atoms with van der Waals surface area (Å²) in [5, 5.41) is 3.21.